The highest BCUT2D eigenvalue weighted by molar-refractivity contribution is 4.67. The lowest BCUT2D eigenvalue weighted by Crippen LogP contribution is -2.24. The molecule has 0 saturated carbocycles. The molecule has 1 rings (SSSR count). The van der Waals surface area contributed by atoms with E-state index in [9.17, 15) is 0 Å². The van der Waals surface area contributed by atoms with Crippen LogP contribution >= 0.6 is 0 Å². The number of ether oxygens (including phenoxy) is 2. The third-order valence-corrected chi connectivity index (χ3v) is 3.63. The van der Waals surface area contributed by atoms with E-state index in [1.54, 1.807) is 0 Å². The van der Waals surface area contributed by atoms with Crippen LogP contribution in [-0.2, 0) is 9.47 Å². The van der Waals surface area contributed by atoms with Crippen molar-refractivity contribution in [3.05, 3.63) is 0 Å². The molecule has 0 aromatic rings. The lowest BCUT2D eigenvalue weighted by Gasteiger charge is -2.21. The van der Waals surface area contributed by atoms with Gasteiger partial charge in [-0.05, 0) is 13.3 Å². The van der Waals surface area contributed by atoms with Gasteiger partial charge in [-0.2, -0.15) is 0 Å². The first-order valence-corrected chi connectivity index (χ1v) is 7.55. The van der Waals surface area contributed by atoms with Gasteiger partial charge in [0, 0.05) is 6.42 Å². The maximum Gasteiger partial charge on any atom is 0.165 e. The molecule has 0 radical (unpaired) electrons. The summed E-state index contributed by atoms with van der Waals surface area (Å²) < 4.78 is 11.2. The van der Waals surface area contributed by atoms with Crippen LogP contribution in [-0.4, -0.2) is 19.0 Å². The molecule has 1 fully saturated rings. The highest BCUT2D eigenvalue weighted by Crippen LogP contribution is 2.25. The van der Waals surface area contributed by atoms with Gasteiger partial charge in [-0.1, -0.05) is 58.3 Å². The summed E-state index contributed by atoms with van der Waals surface area (Å²) in [4.78, 5) is 0. The third kappa shape index (κ3) is 7.05. The van der Waals surface area contributed by atoms with E-state index >= 15 is 0 Å². The van der Waals surface area contributed by atoms with Crippen molar-refractivity contribution in [2.45, 2.75) is 83.8 Å². The lowest BCUT2D eigenvalue weighted by molar-refractivity contribution is -0.147. The van der Waals surface area contributed by atoms with Crippen molar-refractivity contribution < 1.29 is 9.47 Å². The molecular weight excluding hydrogens is 212 g/mol. The molecule has 2 heteroatoms. The van der Waals surface area contributed by atoms with Gasteiger partial charge >= 0.3 is 0 Å². The summed E-state index contributed by atoms with van der Waals surface area (Å²) in [5.74, 6) is -0.263. The maximum atomic E-state index is 5.59. The van der Waals surface area contributed by atoms with E-state index in [1.165, 1.54) is 57.8 Å². The molecule has 0 aliphatic carbocycles. The Morgan fingerprint density at radius 1 is 0.765 bits per heavy atom. The zero-order valence-electron chi connectivity index (χ0n) is 11.8. The standard InChI is InChI=1S/C15H30O2/c1-3-4-5-6-7-8-9-10-11-12-15(2)16-13-14-17-15/h3-14H2,1-2H3. The largest absolute Gasteiger partial charge is 0.348 e. The summed E-state index contributed by atoms with van der Waals surface area (Å²) in [6.45, 7) is 5.89. The quantitative estimate of drug-likeness (QED) is 0.518. The first kappa shape index (κ1) is 15.0. The molecule has 1 aliphatic heterocycles. The predicted octanol–water partition coefficient (Wildman–Crippen LogP) is 4.67. The molecule has 1 saturated heterocycles. The Hall–Kier alpha value is -0.0800. The number of unbranched alkanes of at least 4 members (excludes halogenated alkanes) is 8. The minimum absolute atomic E-state index is 0.263. The summed E-state index contributed by atoms with van der Waals surface area (Å²) >= 11 is 0. The zero-order valence-corrected chi connectivity index (χ0v) is 11.8. The van der Waals surface area contributed by atoms with Crippen LogP contribution in [0.2, 0.25) is 0 Å². The normalized spacial score (nSPS) is 18.7. The average Bonchev–Trinajstić information content (AvgIpc) is 2.74. The maximum absolute atomic E-state index is 5.59. The Morgan fingerprint density at radius 2 is 1.24 bits per heavy atom. The fourth-order valence-electron chi connectivity index (χ4n) is 2.46. The fourth-order valence-corrected chi connectivity index (χ4v) is 2.46. The molecule has 102 valence electrons. The van der Waals surface area contributed by atoms with Gasteiger partial charge in [0.15, 0.2) is 5.79 Å². The van der Waals surface area contributed by atoms with Gasteiger partial charge in [0.05, 0.1) is 13.2 Å². The molecule has 17 heavy (non-hydrogen) atoms. The molecule has 0 atom stereocenters. The van der Waals surface area contributed by atoms with Gasteiger partial charge in [0.1, 0.15) is 0 Å². The average molecular weight is 242 g/mol. The van der Waals surface area contributed by atoms with Crippen molar-refractivity contribution >= 4 is 0 Å². The monoisotopic (exact) mass is 242 g/mol. The van der Waals surface area contributed by atoms with E-state index in [0.717, 1.165) is 19.6 Å². The van der Waals surface area contributed by atoms with E-state index < -0.39 is 0 Å². The smallest absolute Gasteiger partial charge is 0.165 e. The molecule has 0 unspecified atom stereocenters. The minimum Gasteiger partial charge on any atom is -0.348 e. The Kier molecular flexibility index (Phi) is 7.87. The Morgan fingerprint density at radius 3 is 1.76 bits per heavy atom. The Balaban J connectivity index is 1.81. The summed E-state index contributed by atoms with van der Waals surface area (Å²) in [5, 5.41) is 0. The first-order chi connectivity index (χ1) is 8.27. The molecule has 0 amide bonds. The second kappa shape index (κ2) is 8.93. The number of hydrogen-bond acceptors (Lipinski definition) is 2. The van der Waals surface area contributed by atoms with E-state index in [0.29, 0.717) is 0 Å². The van der Waals surface area contributed by atoms with Crippen LogP contribution in [0.25, 0.3) is 0 Å². The molecular formula is C15H30O2. The van der Waals surface area contributed by atoms with Gasteiger partial charge < -0.3 is 9.47 Å². The Bertz CT molecular complexity index is 174. The van der Waals surface area contributed by atoms with E-state index in [-0.39, 0.29) is 5.79 Å². The highest BCUT2D eigenvalue weighted by atomic mass is 16.7. The van der Waals surface area contributed by atoms with Crippen molar-refractivity contribution in [1.82, 2.24) is 0 Å². The topological polar surface area (TPSA) is 18.5 Å². The summed E-state index contributed by atoms with van der Waals surface area (Å²) in [6, 6.07) is 0. The lowest BCUT2D eigenvalue weighted by atomic mass is 10.0. The molecule has 0 spiro atoms. The zero-order chi connectivity index (χ0) is 12.4. The first-order valence-electron chi connectivity index (χ1n) is 7.55. The molecule has 0 bridgehead atoms. The van der Waals surface area contributed by atoms with Crippen molar-refractivity contribution in [2.75, 3.05) is 13.2 Å². The fraction of sp³-hybridized carbons (Fsp3) is 1.00. The number of hydrogen-bond donors (Lipinski definition) is 0. The molecule has 0 aromatic heterocycles. The van der Waals surface area contributed by atoms with Crippen LogP contribution < -0.4 is 0 Å². The predicted molar refractivity (Wildman–Crippen MR) is 72.2 cm³/mol. The highest BCUT2D eigenvalue weighted by Gasteiger charge is 2.29. The molecule has 1 heterocycles. The molecule has 1 aliphatic rings. The van der Waals surface area contributed by atoms with Crippen molar-refractivity contribution in [2.24, 2.45) is 0 Å². The second-order valence-electron chi connectivity index (χ2n) is 5.41. The summed E-state index contributed by atoms with van der Waals surface area (Å²) in [6.07, 6.45) is 13.4. The van der Waals surface area contributed by atoms with Crippen LogP contribution in [0, 0.1) is 0 Å². The van der Waals surface area contributed by atoms with Crippen molar-refractivity contribution in [3.63, 3.8) is 0 Å². The molecule has 0 aromatic carbocycles. The SMILES string of the molecule is CCCCCCCCCCCC1(C)OCCO1. The van der Waals surface area contributed by atoms with Crippen LogP contribution in [0.4, 0.5) is 0 Å². The van der Waals surface area contributed by atoms with Crippen LogP contribution in [0.1, 0.15) is 78.1 Å². The second-order valence-corrected chi connectivity index (χ2v) is 5.41. The van der Waals surface area contributed by atoms with Crippen molar-refractivity contribution in [3.8, 4) is 0 Å². The van der Waals surface area contributed by atoms with Crippen LogP contribution in [0.5, 0.6) is 0 Å². The Labute approximate surface area is 107 Å². The summed E-state index contributed by atoms with van der Waals surface area (Å²) in [5.41, 5.74) is 0. The van der Waals surface area contributed by atoms with Gasteiger partial charge in [0.25, 0.3) is 0 Å². The van der Waals surface area contributed by atoms with E-state index in [4.69, 9.17) is 9.47 Å². The van der Waals surface area contributed by atoms with E-state index in [1.807, 2.05) is 0 Å². The van der Waals surface area contributed by atoms with Crippen LogP contribution in [0.3, 0.4) is 0 Å². The van der Waals surface area contributed by atoms with E-state index in [2.05, 4.69) is 13.8 Å². The minimum atomic E-state index is -0.263. The molecule has 2 nitrogen and oxygen atoms in total. The summed E-state index contributed by atoms with van der Waals surface area (Å²) in [7, 11) is 0. The third-order valence-electron chi connectivity index (χ3n) is 3.63. The van der Waals surface area contributed by atoms with Gasteiger partial charge in [0.2, 0.25) is 0 Å². The van der Waals surface area contributed by atoms with Gasteiger partial charge in [-0.3, -0.25) is 0 Å². The van der Waals surface area contributed by atoms with Gasteiger partial charge in [-0.25, -0.2) is 0 Å². The van der Waals surface area contributed by atoms with Gasteiger partial charge in [-0.15, -0.1) is 0 Å². The number of rotatable bonds is 10. The molecule has 0 N–H and O–H groups in total. The van der Waals surface area contributed by atoms with Crippen molar-refractivity contribution in [1.29, 1.82) is 0 Å². The van der Waals surface area contributed by atoms with Crippen LogP contribution in [0.15, 0.2) is 0 Å².